The van der Waals surface area contributed by atoms with Crippen molar-refractivity contribution >= 4 is 46.5 Å². The highest BCUT2D eigenvalue weighted by molar-refractivity contribution is 8.18. The van der Waals surface area contributed by atoms with E-state index in [1.807, 2.05) is 6.07 Å². The minimum atomic E-state index is -0.469. The quantitative estimate of drug-likeness (QED) is 0.540. The van der Waals surface area contributed by atoms with Crippen LogP contribution in [0.2, 0.25) is 0 Å². The lowest BCUT2D eigenvalue weighted by atomic mass is 10.1. The van der Waals surface area contributed by atoms with Gasteiger partial charge in [0.05, 0.1) is 17.7 Å². The third-order valence-electron chi connectivity index (χ3n) is 5.80. The van der Waals surface area contributed by atoms with Gasteiger partial charge in [-0.3, -0.25) is 24.1 Å². The summed E-state index contributed by atoms with van der Waals surface area (Å²) in [4.78, 5) is 52.8. The second-order valence-corrected chi connectivity index (χ2v) is 9.31. The Hall–Kier alpha value is -3.79. The van der Waals surface area contributed by atoms with E-state index in [-0.39, 0.29) is 29.9 Å². The zero-order valence-electron chi connectivity index (χ0n) is 19.9. The molecule has 0 bridgehead atoms. The molecule has 0 aliphatic carbocycles. The fourth-order valence-electron chi connectivity index (χ4n) is 3.91. The molecule has 2 aliphatic rings. The third kappa shape index (κ3) is 6.25. The lowest BCUT2D eigenvalue weighted by molar-refractivity contribution is -0.136. The summed E-state index contributed by atoms with van der Waals surface area (Å²) >= 11 is 0.821. The number of carbonyl (C=O) groups excluding carboxylic acids is 4. The number of hydrogen-bond donors (Lipinski definition) is 1. The van der Waals surface area contributed by atoms with Crippen LogP contribution >= 0.6 is 11.8 Å². The maximum absolute atomic E-state index is 12.7. The highest BCUT2D eigenvalue weighted by Gasteiger charge is 2.37. The van der Waals surface area contributed by atoms with Gasteiger partial charge in [0.1, 0.15) is 18.0 Å². The standard InChI is InChI=1S/C26H27N3O6S/c1-34-21-8-4-3-7-20(21)27-23(30)17-35-19-11-9-18(10-12-19)15-22-25(32)29(26(33)36-22)16-24(31)28-13-5-2-6-14-28/h3-4,7-12,15H,2,5-6,13-14,16-17H2,1H3,(H,27,30)/b22-15-. The van der Waals surface area contributed by atoms with E-state index >= 15 is 0 Å². The fourth-order valence-corrected chi connectivity index (χ4v) is 4.75. The molecule has 2 aliphatic heterocycles. The SMILES string of the molecule is COc1ccccc1NC(=O)COc1ccc(/C=C2\SC(=O)N(CC(=O)N3CCCCC3)C2=O)cc1. The van der Waals surface area contributed by atoms with Gasteiger partial charge in [0, 0.05) is 13.1 Å². The minimum Gasteiger partial charge on any atom is -0.495 e. The molecule has 36 heavy (non-hydrogen) atoms. The second-order valence-electron chi connectivity index (χ2n) is 8.32. The van der Waals surface area contributed by atoms with Crippen LogP contribution in [0.4, 0.5) is 10.5 Å². The molecule has 0 radical (unpaired) electrons. The van der Waals surface area contributed by atoms with E-state index in [2.05, 4.69) is 5.32 Å². The van der Waals surface area contributed by atoms with Crippen LogP contribution in [0.25, 0.3) is 6.08 Å². The first-order valence-corrected chi connectivity index (χ1v) is 12.4. The van der Waals surface area contributed by atoms with Gasteiger partial charge in [-0.25, -0.2) is 0 Å². The number of piperidine rings is 1. The second kappa shape index (κ2) is 11.8. The number of methoxy groups -OCH3 is 1. The molecule has 0 unspecified atom stereocenters. The Balaban J connectivity index is 1.31. The molecule has 2 heterocycles. The number of likely N-dealkylation sites (tertiary alicyclic amines) is 1. The largest absolute Gasteiger partial charge is 0.495 e. The van der Waals surface area contributed by atoms with Gasteiger partial charge in [-0.1, -0.05) is 24.3 Å². The van der Waals surface area contributed by atoms with Gasteiger partial charge in [-0.15, -0.1) is 0 Å². The summed E-state index contributed by atoms with van der Waals surface area (Å²) in [6.45, 7) is 0.913. The van der Waals surface area contributed by atoms with Gasteiger partial charge in [0.2, 0.25) is 5.91 Å². The van der Waals surface area contributed by atoms with Crippen LogP contribution < -0.4 is 14.8 Å². The molecule has 1 N–H and O–H groups in total. The Morgan fingerprint density at radius 1 is 1.03 bits per heavy atom. The molecule has 0 atom stereocenters. The van der Waals surface area contributed by atoms with Crippen molar-refractivity contribution in [2.24, 2.45) is 0 Å². The van der Waals surface area contributed by atoms with Crippen molar-refractivity contribution in [3.63, 3.8) is 0 Å². The normalized spacial score (nSPS) is 16.9. The first-order valence-electron chi connectivity index (χ1n) is 11.6. The Bertz CT molecular complexity index is 1170. The number of ether oxygens (including phenoxy) is 2. The molecule has 0 saturated carbocycles. The molecule has 188 valence electrons. The van der Waals surface area contributed by atoms with Crippen LogP contribution in [0.5, 0.6) is 11.5 Å². The predicted molar refractivity (Wildman–Crippen MR) is 137 cm³/mol. The van der Waals surface area contributed by atoms with E-state index in [4.69, 9.17) is 9.47 Å². The summed E-state index contributed by atoms with van der Waals surface area (Å²) < 4.78 is 10.8. The number of amides is 4. The Morgan fingerprint density at radius 2 is 1.75 bits per heavy atom. The van der Waals surface area contributed by atoms with Crippen molar-refractivity contribution in [3.05, 3.63) is 59.0 Å². The maximum Gasteiger partial charge on any atom is 0.294 e. The average Bonchev–Trinajstić information content (AvgIpc) is 3.16. The molecular weight excluding hydrogens is 482 g/mol. The molecule has 0 spiro atoms. The van der Waals surface area contributed by atoms with Crippen molar-refractivity contribution in [2.45, 2.75) is 19.3 Å². The number of hydrogen-bond acceptors (Lipinski definition) is 7. The monoisotopic (exact) mass is 509 g/mol. The van der Waals surface area contributed by atoms with Gasteiger partial charge in [0.15, 0.2) is 6.61 Å². The summed E-state index contributed by atoms with van der Waals surface area (Å²) in [7, 11) is 1.53. The van der Waals surface area contributed by atoms with Crippen LogP contribution in [0.3, 0.4) is 0 Å². The lowest BCUT2D eigenvalue weighted by Gasteiger charge is -2.27. The average molecular weight is 510 g/mol. The van der Waals surface area contributed by atoms with Crippen LogP contribution in [0.1, 0.15) is 24.8 Å². The number of anilines is 1. The molecular formula is C26H27N3O6S. The van der Waals surface area contributed by atoms with Gasteiger partial charge in [-0.2, -0.15) is 0 Å². The van der Waals surface area contributed by atoms with E-state index < -0.39 is 11.1 Å². The highest BCUT2D eigenvalue weighted by Crippen LogP contribution is 2.32. The van der Waals surface area contributed by atoms with Gasteiger partial charge >= 0.3 is 0 Å². The molecule has 2 aromatic rings. The summed E-state index contributed by atoms with van der Waals surface area (Å²) in [5.74, 6) is 0.0209. The Kier molecular flexibility index (Phi) is 8.27. The van der Waals surface area contributed by atoms with Crippen molar-refractivity contribution in [1.82, 2.24) is 9.80 Å². The van der Waals surface area contributed by atoms with Gasteiger partial charge in [-0.05, 0) is 66.9 Å². The van der Waals surface area contributed by atoms with E-state index in [1.165, 1.54) is 7.11 Å². The number of imide groups is 1. The molecule has 2 aromatic carbocycles. The van der Waals surface area contributed by atoms with Gasteiger partial charge in [0.25, 0.3) is 17.1 Å². The summed E-state index contributed by atoms with van der Waals surface area (Å²) in [6.07, 6.45) is 4.59. The topological polar surface area (TPSA) is 105 Å². The Morgan fingerprint density at radius 3 is 2.47 bits per heavy atom. The van der Waals surface area contributed by atoms with Crippen molar-refractivity contribution in [2.75, 3.05) is 38.7 Å². The molecule has 4 rings (SSSR count). The molecule has 2 saturated heterocycles. The fraction of sp³-hybridized carbons (Fsp3) is 0.308. The molecule has 2 fully saturated rings. The van der Waals surface area contributed by atoms with Gasteiger partial charge < -0.3 is 19.7 Å². The van der Waals surface area contributed by atoms with E-state index in [9.17, 15) is 19.2 Å². The molecule has 10 heteroatoms. The van der Waals surface area contributed by atoms with Crippen LogP contribution in [0, 0.1) is 0 Å². The van der Waals surface area contributed by atoms with Crippen molar-refractivity contribution in [1.29, 1.82) is 0 Å². The first kappa shape index (κ1) is 25.3. The van der Waals surface area contributed by atoms with E-state index in [0.29, 0.717) is 35.8 Å². The zero-order chi connectivity index (χ0) is 25.5. The maximum atomic E-state index is 12.7. The zero-order valence-corrected chi connectivity index (χ0v) is 20.7. The molecule has 0 aromatic heterocycles. The number of carbonyl (C=O) groups is 4. The number of benzene rings is 2. The number of nitrogens with one attached hydrogen (secondary N) is 1. The van der Waals surface area contributed by atoms with E-state index in [1.54, 1.807) is 53.4 Å². The first-order chi connectivity index (χ1) is 17.4. The van der Waals surface area contributed by atoms with Crippen molar-refractivity contribution in [3.8, 4) is 11.5 Å². The predicted octanol–water partition coefficient (Wildman–Crippen LogP) is 3.76. The van der Waals surface area contributed by atoms with Crippen molar-refractivity contribution < 1.29 is 28.7 Å². The highest BCUT2D eigenvalue weighted by atomic mass is 32.2. The number of para-hydroxylation sites is 2. The third-order valence-corrected chi connectivity index (χ3v) is 6.71. The van der Waals surface area contributed by atoms with E-state index in [0.717, 1.165) is 35.9 Å². The number of rotatable bonds is 8. The van der Waals surface area contributed by atoms with Crippen LogP contribution in [-0.4, -0.2) is 66.1 Å². The molecule has 4 amide bonds. The molecule has 9 nitrogen and oxygen atoms in total. The number of thioether (sulfide) groups is 1. The lowest BCUT2D eigenvalue weighted by Crippen LogP contribution is -2.44. The Labute approximate surface area is 213 Å². The van der Waals surface area contributed by atoms with Crippen LogP contribution in [-0.2, 0) is 14.4 Å². The minimum absolute atomic E-state index is 0.193. The number of nitrogens with zero attached hydrogens (tertiary/aromatic N) is 2. The smallest absolute Gasteiger partial charge is 0.294 e. The van der Waals surface area contributed by atoms with Crippen LogP contribution in [0.15, 0.2) is 53.4 Å². The summed E-state index contributed by atoms with van der Waals surface area (Å²) in [5, 5.41) is 2.29. The summed E-state index contributed by atoms with van der Waals surface area (Å²) in [5.41, 5.74) is 1.24. The summed E-state index contributed by atoms with van der Waals surface area (Å²) in [6, 6.07) is 13.9.